The zero-order valence-electron chi connectivity index (χ0n) is 12.2. The monoisotopic (exact) mass is 316 g/mol. The van der Waals surface area contributed by atoms with Crippen LogP contribution in [0.5, 0.6) is 17.2 Å². The van der Waals surface area contributed by atoms with Crippen LogP contribution in [0.2, 0.25) is 0 Å². The summed E-state index contributed by atoms with van der Waals surface area (Å²) in [5.74, 6) is 0.279. The Kier molecular flexibility index (Phi) is 5.74. The quantitative estimate of drug-likeness (QED) is 0.410. The van der Waals surface area contributed by atoms with Crippen molar-refractivity contribution in [3.05, 3.63) is 59.7 Å². The highest BCUT2D eigenvalue weighted by Gasteiger charge is 2.06. The van der Waals surface area contributed by atoms with Crippen molar-refractivity contribution in [1.82, 2.24) is 0 Å². The molecule has 0 aromatic heterocycles. The van der Waals surface area contributed by atoms with Gasteiger partial charge in [0.1, 0.15) is 5.75 Å². The number of carbonyl (C=O) groups excluding carboxylic acids is 1. The first kappa shape index (κ1) is 16.5. The topological polar surface area (TPSA) is 96.2 Å². The van der Waals surface area contributed by atoms with Gasteiger partial charge in [0.25, 0.3) is 0 Å². The molecule has 3 N–H and O–H groups in total. The lowest BCUT2D eigenvalue weighted by Crippen LogP contribution is -2.01. The van der Waals surface area contributed by atoms with E-state index in [-0.39, 0.29) is 23.0 Å². The van der Waals surface area contributed by atoms with Crippen molar-refractivity contribution < 1.29 is 29.6 Å². The molecule has 23 heavy (non-hydrogen) atoms. The second kappa shape index (κ2) is 7.98. The van der Waals surface area contributed by atoms with Crippen molar-refractivity contribution in [2.45, 2.75) is 0 Å². The maximum absolute atomic E-state index is 12.0. The summed E-state index contributed by atoms with van der Waals surface area (Å²) in [5.41, 5.74) is 1.01. The van der Waals surface area contributed by atoms with E-state index < -0.39 is 13.6 Å². The highest BCUT2D eigenvalue weighted by Crippen LogP contribution is 2.28. The molecule has 2 rings (SSSR count). The maximum Gasteiger partial charge on any atom is 0.186 e. The van der Waals surface area contributed by atoms with Gasteiger partial charge in [0.05, 0.1) is 0 Å². The van der Waals surface area contributed by atoms with Crippen LogP contribution in [-0.4, -0.2) is 34.7 Å². The number of carbonyl (C=O) groups is 1. The third-order valence-electron chi connectivity index (χ3n) is 2.97. The van der Waals surface area contributed by atoms with Gasteiger partial charge in [-0.3, -0.25) is 4.79 Å². The minimum Gasteiger partial charge on any atom is -0.508 e. The molecule has 0 saturated heterocycles. The number of ketones is 1. The van der Waals surface area contributed by atoms with Gasteiger partial charge < -0.3 is 24.8 Å². The molecule has 0 radical (unpaired) electrons. The van der Waals surface area contributed by atoms with Gasteiger partial charge >= 0.3 is 0 Å². The van der Waals surface area contributed by atoms with E-state index in [1.807, 2.05) is 0 Å². The van der Waals surface area contributed by atoms with Gasteiger partial charge in [0, 0.05) is 5.56 Å². The van der Waals surface area contributed by atoms with E-state index in [2.05, 4.69) is 0 Å². The summed E-state index contributed by atoms with van der Waals surface area (Å²) in [7, 11) is 0. The van der Waals surface area contributed by atoms with Crippen LogP contribution in [-0.2, 0) is 0 Å². The molecule has 0 fully saturated rings. The Morgan fingerprint density at radius 2 is 1.74 bits per heavy atom. The van der Waals surface area contributed by atoms with E-state index >= 15 is 0 Å². The first-order valence-corrected chi connectivity index (χ1v) is 6.77. The highest BCUT2D eigenvalue weighted by atomic mass is 16.6. The summed E-state index contributed by atoms with van der Waals surface area (Å²) in [6, 6.07) is 10.8. The van der Waals surface area contributed by atoms with Gasteiger partial charge in [-0.25, -0.2) is 0 Å². The number of ether oxygens (including phenoxy) is 2. The molecule has 0 bridgehead atoms. The number of benzene rings is 2. The Balaban J connectivity index is 2.18. The molecule has 0 atom stereocenters. The average Bonchev–Trinajstić information content (AvgIpc) is 2.55. The van der Waals surface area contributed by atoms with Crippen LogP contribution in [0, 0.1) is 0 Å². The third-order valence-corrected chi connectivity index (χ3v) is 2.97. The van der Waals surface area contributed by atoms with Crippen LogP contribution in [0.1, 0.15) is 15.9 Å². The third kappa shape index (κ3) is 4.57. The number of hydrogen-bond donors (Lipinski definition) is 3. The van der Waals surface area contributed by atoms with Crippen LogP contribution in [0.15, 0.2) is 48.5 Å². The van der Waals surface area contributed by atoms with E-state index in [1.54, 1.807) is 36.4 Å². The van der Waals surface area contributed by atoms with Crippen LogP contribution in [0.4, 0.5) is 0 Å². The number of hydrogen-bond acceptors (Lipinski definition) is 6. The Morgan fingerprint density at radius 1 is 1.00 bits per heavy atom. The van der Waals surface area contributed by atoms with Gasteiger partial charge in [0.15, 0.2) is 30.9 Å². The molecular formula is C17H16O6. The Bertz CT molecular complexity index is 708. The molecule has 2 aromatic rings. The Hall–Kier alpha value is -2.83. The van der Waals surface area contributed by atoms with Crippen molar-refractivity contribution >= 4 is 11.9 Å². The smallest absolute Gasteiger partial charge is 0.186 e. The standard InChI is InChI=1S/C17H16O6/c18-10-22-16-7-5-12(8-17(16)23-11-19)4-6-15(21)13-2-1-3-14(20)9-13/h1-9,18-20H,10-11H2/b6-4+. The minimum atomic E-state index is -0.544. The van der Waals surface area contributed by atoms with Crippen LogP contribution >= 0.6 is 0 Å². The molecule has 0 spiro atoms. The van der Waals surface area contributed by atoms with Gasteiger partial charge in [-0.05, 0) is 35.9 Å². The number of rotatable bonds is 7. The molecule has 6 nitrogen and oxygen atoms in total. The number of phenolic OH excluding ortho intramolecular Hbond substituents is 1. The fraction of sp³-hybridized carbons (Fsp3) is 0.118. The Labute approximate surface area is 132 Å². The summed E-state index contributed by atoms with van der Waals surface area (Å²) in [6.45, 7) is -1.07. The maximum atomic E-state index is 12.0. The van der Waals surface area contributed by atoms with Crippen molar-refractivity contribution in [3.63, 3.8) is 0 Å². The first-order chi connectivity index (χ1) is 11.1. The lowest BCUT2D eigenvalue weighted by atomic mass is 10.1. The van der Waals surface area contributed by atoms with E-state index in [0.717, 1.165) is 0 Å². The molecule has 6 heteroatoms. The number of phenols is 1. The minimum absolute atomic E-state index is 0.0217. The zero-order chi connectivity index (χ0) is 16.7. The summed E-state index contributed by atoms with van der Waals surface area (Å²) in [4.78, 5) is 12.0. The van der Waals surface area contributed by atoms with E-state index in [9.17, 15) is 9.90 Å². The number of aliphatic hydroxyl groups excluding tert-OH is 2. The fourth-order valence-corrected chi connectivity index (χ4v) is 1.93. The summed E-state index contributed by atoms with van der Waals surface area (Å²) in [5, 5.41) is 27.0. The molecule has 2 aromatic carbocycles. The van der Waals surface area contributed by atoms with Gasteiger partial charge in [-0.15, -0.1) is 0 Å². The fourth-order valence-electron chi connectivity index (χ4n) is 1.93. The number of aromatic hydroxyl groups is 1. The van der Waals surface area contributed by atoms with Crippen molar-refractivity contribution in [2.24, 2.45) is 0 Å². The molecule has 0 heterocycles. The van der Waals surface area contributed by atoms with E-state index in [0.29, 0.717) is 11.1 Å². The zero-order valence-corrected chi connectivity index (χ0v) is 12.2. The first-order valence-electron chi connectivity index (χ1n) is 6.77. The summed E-state index contributed by atoms with van der Waals surface area (Å²) < 4.78 is 9.96. The lowest BCUT2D eigenvalue weighted by Gasteiger charge is -2.10. The van der Waals surface area contributed by atoms with Crippen LogP contribution in [0.3, 0.4) is 0 Å². The number of allylic oxidation sites excluding steroid dienone is 1. The molecule has 0 saturated carbocycles. The normalized spacial score (nSPS) is 10.7. The van der Waals surface area contributed by atoms with Crippen LogP contribution < -0.4 is 9.47 Å². The molecule has 0 unspecified atom stereocenters. The van der Waals surface area contributed by atoms with Gasteiger partial charge in [0.2, 0.25) is 0 Å². The molecular weight excluding hydrogens is 300 g/mol. The van der Waals surface area contributed by atoms with Crippen LogP contribution in [0.25, 0.3) is 6.08 Å². The van der Waals surface area contributed by atoms with Crippen molar-refractivity contribution in [2.75, 3.05) is 13.6 Å². The SMILES string of the molecule is O=C(/C=C/c1ccc(OCO)c(OCO)c1)c1cccc(O)c1. The predicted octanol–water partition coefficient (Wildman–Crippen LogP) is 1.95. The molecule has 0 amide bonds. The molecule has 0 aliphatic rings. The second-order valence-electron chi connectivity index (χ2n) is 4.50. The second-order valence-corrected chi connectivity index (χ2v) is 4.50. The predicted molar refractivity (Wildman–Crippen MR) is 83.3 cm³/mol. The summed E-state index contributed by atoms with van der Waals surface area (Å²) in [6.07, 6.45) is 2.93. The number of aliphatic hydroxyl groups is 2. The molecule has 120 valence electrons. The Morgan fingerprint density at radius 3 is 2.43 bits per heavy atom. The van der Waals surface area contributed by atoms with Gasteiger partial charge in [-0.1, -0.05) is 24.3 Å². The lowest BCUT2D eigenvalue weighted by molar-refractivity contribution is 0.0744. The van der Waals surface area contributed by atoms with E-state index in [4.69, 9.17) is 19.7 Å². The highest BCUT2D eigenvalue weighted by molar-refractivity contribution is 6.07. The molecule has 0 aliphatic carbocycles. The van der Waals surface area contributed by atoms with E-state index in [1.165, 1.54) is 18.2 Å². The molecule has 0 aliphatic heterocycles. The largest absolute Gasteiger partial charge is 0.508 e. The summed E-state index contributed by atoms with van der Waals surface area (Å²) >= 11 is 0. The van der Waals surface area contributed by atoms with Crippen molar-refractivity contribution in [3.8, 4) is 17.2 Å². The van der Waals surface area contributed by atoms with Crippen molar-refractivity contribution in [1.29, 1.82) is 0 Å². The average molecular weight is 316 g/mol. The van der Waals surface area contributed by atoms with Gasteiger partial charge in [-0.2, -0.15) is 0 Å².